The maximum absolute atomic E-state index is 9.92. The standard InChI is InChI=1S/C18H23N3O3/c1-23-15-8-13-14(9-16(15)24-2)19-17(11-4-3-5-11)20-18(13)21-7-6-12(22)10-21/h8-9,11-12,22H,3-7,10H2,1-2H3. The molecular weight excluding hydrogens is 306 g/mol. The minimum absolute atomic E-state index is 0.290. The van der Waals surface area contributed by atoms with E-state index in [1.807, 2.05) is 12.1 Å². The zero-order chi connectivity index (χ0) is 16.7. The van der Waals surface area contributed by atoms with Crippen LogP contribution in [0, 0.1) is 0 Å². The molecule has 0 radical (unpaired) electrons. The highest BCUT2D eigenvalue weighted by atomic mass is 16.5. The fourth-order valence-corrected chi connectivity index (χ4v) is 3.48. The Balaban J connectivity index is 1.88. The number of hydrogen-bond donors (Lipinski definition) is 1. The second-order valence-electron chi connectivity index (χ2n) is 6.65. The van der Waals surface area contributed by atoms with Crippen molar-refractivity contribution in [3.8, 4) is 11.5 Å². The number of nitrogens with zero attached hydrogens (tertiary/aromatic N) is 3. The van der Waals surface area contributed by atoms with Crippen LogP contribution in [0.3, 0.4) is 0 Å². The molecule has 1 unspecified atom stereocenters. The summed E-state index contributed by atoms with van der Waals surface area (Å²) >= 11 is 0. The van der Waals surface area contributed by atoms with Crippen molar-refractivity contribution >= 4 is 16.7 Å². The lowest BCUT2D eigenvalue weighted by atomic mass is 9.85. The van der Waals surface area contributed by atoms with Crippen molar-refractivity contribution in [2.24, 2.45) is 0 Å². The van der Waals surface area contributed by atoms with Crippen LogP contribution in [0.2, 0.25) is 0 Å². The van der Waals surface area contributed by atoms with Crippen molar-refractivity contribution in [2.75, 3.05) is 32.2 Å². The first-order chi connectivity index (χ1) is 11.7. The summed E-state index contributed by atoms with van der Waals surface area (Å²) in [5, 5.41) is 10.9. The second kappa shape index (κ2) is 6.09. The van der Waals surface area contributed by atoms with Crippen LogP contribution in [0.4, 0.5) is 5.82 Å². The molecule has 1 N–H and O–H groups in total. The molecule has 0 spiro atoms. The molecule has 1 aromatic carbocycles. The highest BCUT2D eigenvalue weighted by molar-refractivity contribution is 5.92. The summed E-state index contributed by atoms with van der Waals surface area (Å²) in [7, 11) is 3.27. The Morgan fingerprint density at radius 1 is 1.08 bits per heavy atom. The van der Waals surface area contributed by atoms with Crippen LogP contribution in [0.1, 0.15) is 37.4 Å². The minimum Gasteiger partial charge on any atom is -0.493 e. The van der Waals surface area contributed by atoms with E-state index in [1.165, 1.54) is 6.42 Å². The first kappa shape index (κ1) is 15.4. The van der Waals surface area contributed by atoms with E-state index < -0.39 is 0 Å². The number of methoxy groups -OCH3 is 2. The summed E-state index contributed by atoms with van der Waals surface area (Å²) in [6.45, 7) is 1.43. The molecule has 24 heavy (non-hydrogen) atoms. The van der Waals surface area contributed by atoms with Crippen LogP contribution in [0.5, 0.6) is 11.5 Å². The number of rotatable bonds is 4. The smallest absolute Gasteiger partial charge is 0.162 e. The van der Waals surface area contributed by atoms with E-state index >= 15 is 0 Å². The third-order valence-electron chi connectivity index (χ3n) is 5.13. The van der Waals surface area contributed by atoms with Gasteiger partial charge < -0.3 is 19.5 Å². The summed E-state index contributed by atoms with van der Waals surface area (Å²) in [5.41, 5.74) is 0.876. The lowest BCUT2D eigenvalue weighted by Gasteiger charge is -2.26. The number of anilines is 1. The number of hydrogen-bond acceptors (Lipinski definition) is 6. The molecule has 6 heteroatoms. The number of β-amino-alcohol motifs (C(OH)–C–C–N with tert-alkyl or cyclic N) is 1. The zero-order valence-corrected chi connectivity index (χ0v) is 14.2. The average Bonchev–Trinajstić information content (AvgIpc) is 2.97. The Morgan fingerprint density at radius 3 is 2.42 bits per heavy atom. The van der Waals surface area contributed by atoms with Gasteiger partial charge in [0.25, 0.3) is 0 Å². The molecule has 4 rings (SSSR count). The summed E-state index contributed by atoms with van der Waals surface area (Å²) in [5.74, 6) is 3.62. The molecule has 1 atom stereocenters. The van der Waals surface area contributed by atoms with Crippen molar-refractivity contribution in [3.05, 3.63) is 18.0 Å². The van der Waals surface area contributed by atoms with E-state index in [-0.39, 0.29) is 6.10 Å². The molecule has 1 aromatic heterocycles. The third-order valence-corrected chi connectivity index (χ3v) is 5.13. The Labute approximate surface area is 141 Å². The molecule has 2 fully saturated rings. The van der Waals surface area contributed by atoms with E-state index in [0.29, 0.717) is 24.0 Å². The largest absolute Gasteiger partial charge is 0.493 e. The summed E-state index contributed by atoms with van der Waals surface area (Å²) < 4.78 is 10.9. The van der Waals surface area contributed by atoms with E-state index in [4.69, 9.17) is 19.4 Å². The molecule has 2 heterocycles. The SMILES string of the molecule is COc1cc2nc(C3CCC3)nc(N3CCC(O)C3)c2cc1OC. The zero-order valence-electron chi connectivity index (χ0n) is 14.2. The monoisotopic (exact) mass is 329 g/mol. The molecule has 1 aliphatic heterocycles. The van der Waals surface area contributed by atoms with Crippen molar-refractivity contribution in [3.63, 3.8) is 0 Å². The van der Waals surface area contributed by atoms with Gasteiger partial charge in [-0.1, -0.05) is 6.42 Å². The van der Waals surface area contributed by atoms with Gasteiger partial charge in [0.15, 0.2) is 11.5 Å². The van der Waals surface area contributed by atoms with E-state index in [9.17, 15) is 5.11 Å². The van der Waals surface area contributed by atoms with Gasteiger partial charge in [-0.15, -0.1) is 0 Å². The van der Waals surface area contributed by atoms with Crippen molar-refractivity contribution < 1.29 is 14.6 Å². The van der Waals surface area contributed by atoms with Gasteiger partial charge in [0.1, 0.15) is 11.6 Å². The van der Waals surface area contributed by atoms with Crippen LogP contribution in [-0.2, 0) is 0 Å². The van der Waals surface area contributed by atoms with Gasteiger partial charge in [-0.05, 0) is 25.3 Å². The van der Waals surface area contributed by atoms with Gasteiger partial charge in [0.2, 0.25) is 0 Å². The van der Waals surface area contributed by atoms with Crippen LogP contribution < -0.4 is 14.4 Å². The molecular formula is C18H23N3O3. The number of aromatic nitrogens is 2. The molecule has 0 bridgehead atoms. The van der Waals surface area contributed by atoms with E-state index in [1.54, 1.807) is 14.2 Å². The normalized spacial score (nSPS) is 21.1. The quantitative estimate of drug-likeness (QED) is 0.929. The molecule has 1 aliphatic carbocycles. The number of benzene rings is 1. The van der Waals surface area contributed by atoms with Crippen molar-refractivity contribution in [2.45, 2.75) is 37.7 Å². The van der Waals surface area contributed by atoms with Crippen LogP contribution >= 0.6 is 0 Å². The first-order valence-corrected chi connectivity index (χ1v) is 8.56. The van der Waals surface area contributed by atoms with Gasteiger partial charge in [0, 0.05) is 30.5 Å². The fourth-order valence-electron chi connectivity index (χ4n) is 3.48. The highest BCUT2D eigenvalue weighted by Crippen LogP contribution is 2.40. The first-order valence-electron chi connectivity index (χ1n) is 8.56. The summed E-state index contributed by atoms with van der Waals surface area (Å²) in [6.07, 6.45) is 4.04. The molecule has 6 nitrogen and oxygen atoms in total. The van der Waals surface area contributed by atoms with Crippen LogP contribution in [0.15, 0.2) is 12.1 Å². The minimum atomic E-state index is -0.290. The predicted octanol–water partition coefficient (Wildman–Crippen LogP) is 2.49. The molecule has 1 saturated carbocycles. The lowest BCUT2D eigenvalue weighted by Crippen LogP contribution is -2.24. The Hall–Kier alpha value is -2.08. The van der Waals surface area contributed by atoms with Crippen molar-refractivity contribution in [1.82, 2.24) is 9.97 Å². The molecule has 1 saturated heterocycles. The molecule has 128 valence electrons. The second-order valence-corrected chi connectivity index (χ2v) is 6.65. The summed E-state index contributed by atoms with van der Waals surface area (Å²) in [4.78, 5) is 11.8. The third kappa shape index (κ3) is 2.55. The van der Waals surface area contributed by atoms with Gasteiger partial charge in [-0.2, -0.15) is 0 Å². The molecule has 2 aliphatic rings. The topological polar surface area (TPSA) is 67.7 Å². The van der Waals surface area contributed by atoms with Crippen LogP contribution in [-0.4, -0.2) is 48.5 Å². The van der Waals surface area contributed by atoms with Crippen LogP contribution in [0.25, 0.3) is 10.9 Å². The van der Waals surface area contributed by atoms with Gasteiger partial charge in [-0.25, -0.2) is 9.97 Å². The molecule has 0 amide bonds. The number of ether oxygens (including phenoxy) is 2. The number of fused-ring (bicyclic) bond motifs is 1. The maximum Gasteiger partial charge on any atom is 0.162 e. The predicted molar refractivity (Wildman–Crippen MR) is 92.1 cm³/mol. The van der Waals surface area contributed by atoms with Crippen molar-refractivity contribution in [1.29, 1.82) is 0 Å². The number of aliphatic hydroxyl groups excluding tert-OH is 1. The van der Waals surface area contributed by atoms with E-state index in [0.717, 1.165) is 48.4 Å². The Bertz CT molecular complexity index is 761. The maximum atomic E-state index is 9.92. The molecule has 2 aromatic rings. The van der Waals surface area contributed by atoms with Gasteiger partial charge >= 0.3 is 0 Å². The van der Waals surface area contributed by atoms with E-state index in [2.05, 4.69) is 4.90 Å². The number of aliphatic hydroxyl groups is 1. The Kier molecular flexibility index (Phi) is 3.92. The average molecular weight is 329 g/mol. The Morgan fingerprint density at radius 2 is 1.83 bits per heavy atom. The van der Waals surface area contributed by atoms with Gasteiger partial charge in [0.05, 0.1) is 25.8 Å². The fraction of sp³-hybridized carbons (Fsp3) is 0.556. The summed E-state index contributed by atoms with van der Waals surface area (Å²) in [6, 6.07) is 3.87. The highest BCUT2D eigenvalue weighted by Gasteiger charge is 2.28. The lowest BCUT2D eigenvalue weighted by molar-refractivity contribution is 0.198. The van der Waals surface area contributed by atoms with Gasteiger partial charge in [-0.3, -0.25) is 0 Å².